The summed E-state index contributed by atoms with van der Waals surface area (Å²) in [6.45, 7) is 4.79. The van der Waals surface area contributed by atoms with Crippen LogP contribution in [0.5, 0.6) is 0 Å². The third-order valence-corrected chi connectivity index (χ3v) is 3.71. The molecule has 0 aliphatic carbocycles. The predicted molar refractivity (Wildman–Crippen MR) is 86.1 cm³/mol. The van der Waals surface area contributed by atoms with Crippen LogP contribution in [0.1, 0.15) is 5.56 Å². The first kappa shape index (κ1) is 15.8. The topological polar surface area (TPSA) is 61.6 Å². The van der Waals surface area contributed by atoms with Gasteiger partial charge in [-0.2, -0.15) is 0 Å². The van der Waals surface area contributed by atoms with Crippen LogP contribution in [0.4, 0.5) is 4.79 Å². The minimum absolute atomic E-state index is 0.0624. The Bertz CT molecular complexity index is 481. The number of urea groups is 1. The lowest BCUT2D eigenvalue weighted by atomic mass is 10.2. The van der Waals surface area contributed by atoms with Crippen molar-refractivity contribution in [2.75, 3.05) is 39.3 Å². The molecule has 1 aliphatic heterocycles. The molecule has 3 N–H and O–H groups in total. The van der Waals surface area contributed by atoms with Crippen molar-refractivity contribution in [2.24, 2.45) is 5.73 Å². The van der Waals surface area contributed by atoms with Gasteiger partial charge in [0.2, 0.25) is 0 Å². The molecule has 1 saturated heterocycles. The Kier molecular flexibility index (Phi) is 6.04. The number of hydrogen-bond acceptors (Lipinski definition) is 3. The minimum Gasteiger partial charge on any atom is -0.329 e. The summed E-state index contributed by atoms with van der Waals surface area (Å²) in [6.07, 6.45) is 3.51. The van der Waals surface area contributed by atoms with Gasteiger partial charge in [0.1, 0.15) is 0 Å². The van der Waals surface area contributed by atoms with Gasteiger partial charge >= 0.3 is 6.03 Å². The fraction of sp³-hybridized carbons (Fsp3) is 0.400. The number of nitrogens with one attached hydrogen (secondary N) is 1. The molecule has 0 unspecified atom stereocenters. The minimum atomic E-state index is -0.0624. The van der Waals surface area contributed by atoms with Crippen LogP contribution in [0.15, 0.2) is 30.5 Å². The van der Waals surface area contributed by atoms with Gasteiger partial charge in [0.15, 0.2) is 0 Å². The molecular formula is C15H21ClN4O. The summed E-state index contributed by atoms with van der Waals surface area (Å²) in [4.78, 5) is 16.1. The molecule has 21 heavy (non-hydrogen) atoms. The monoisotopic (exact) mass is 308 g/mol. The van der Waals surface area contributed by atoms with Crippen molar-refractivity contribution < 1.29 is 4.79 Å². The third kappa shape index (κ3) is 5.04. The molecule has 0 aromatic heterocycles. The SMILES string of the molecule is NCCN1CCN(C(=O)N/C=C/c2ccc(Cl)cc2)CC1. The number of benzene rings is 1. The van der Waals surface area contributed by atoms with Gasteiger partial charge in [0.25, 0.3) is 0 Å². The van der Waals surface area contributed by atoms with Crippen LogP contribution in [0.3, 0.4) is 0 Å². The van der Waals surface area contributed by atoms with Gasteiger partial charge in [-0.1, -0.05) is 23.7 Å². The molecule has 5 nitrogen and oxygen atoms in total. The average molecular weight is 309 g/mol. The normalized spacial score (nSPS) is 16.4. The number of rotatable bonds is 4. The highest BCUT2D eigenvalue weighted by atomic mass is 35.5. The first-order valence-electron chi connectivity index (χ1n) is 7.09. The van der Waals surface area contributed by atoms with Crippen LogP contribution in [-0.4, -0.2) is 55.1 Å². The van der Waals surface area contributed by atoms with Crippen LogP contribution in [-0.2, 0) is 0 Å². The molecule has 0 radical (unpaired) electrons. The number of nitrogens with zero attached hydrogens (tertiary/aromatic N) is 2. The van der Waals surface area contributed by atoms with Crippen molar-refractivity contribution in [1.29, 1.82) is 0 Å². The Morgan fingerprint density at radius 2 is 1.90 bits per heavy atom. The van der Waals surface area contributed by atoms with E-state index in [9.17, 15) is 4.79 Å². The molecule has 0 spiro atoms. The maximum atomic E-state index is 12.0. The summed E-state index contributed by atoms with van der Waals surface area (Å²) < 4.78 is 0. The van der Waals surface area contributed by atoms with Crippen LogP contribution in [0.25, 0.3) is 6.08 Å². The highest BCUT2D eigenvalue weighted by Gasteiger charge is 2.19. The number of piperazine rings is 1. The van der Waals surface area contributed by atoms with E-state index in [-0.39, 0.29) is 6.03 Å². The lowest BCUT2D eigenvalue weighted by Gasteiger charge is -2.34. The van der Waals surface area contributed by atoms with Crippen molar-refractivity contribution in [1.82, 2.24) is 15.1 Å². The smallest absolute Gasteiger partial charge is 0.321 e. The molecule has 0 saturated carbocycles. The number of amides is 2. The van der Waals surface area contributed by atoms with Gasteiger partial charge in [-0.25, -0.2) is 4.79 Å². The van der Waals surface area contributed by atoms with Gasteiger partial charge in [-0.15, -0.1) is 0 Å². The van der Waals surface area contributed by atoms with Gasteiger partial charge in [-0.3, -0.25) is 4.90 Å². The Morgan fingerprint density at radius 3 is 2.52 bits per heavy atom. The van der Waals surface area contributed by atoms with Crippen molar-refractivity contribution in [2.45, 2.75) is 0 Å². The van der Waals surface area contributed by atoms with Gasteiger partial charge in [0.05, 0.1) is 0 Å². The zero-order chi connectivity index (χ0) is 15.1. The zero-order valence-electron chi connectivity index (χ0n) is 12.0. The van der Waals surface area contributed by atoms with E-state index >= 15 is 0 Å². The summed E-state index contributed by atoms with van der Waals surface area (Å²) >= 11 is 5.82. The van der Waals surface area contributed by atoms with Crippen LogP contribution >= 0.6 is 11.6 Å². The predicted octanol–water partition coefficient (Wildman–Crippen LogP) is 1.60. The Hall–Kier alpha value is -1.56. The summed E-state index contributed by atoms with van der Waals surface area (Å²) in [5, 5.41) is 3.49. The molecule has 6 heteroatoms. The number of halogens is 1. The summed E-state index contributed by atoms with van der Waals surface area (Å²) in [5.41, 5.74) is 6.53. The third-order valence-electron chi connectivity index (χ3n) is 3.46. The van der Waals surface area contributed by atoms with Crippen molar-refractivity contribution in [3.8, 4) is 0 Å². The molecule has 0 atom stereocenters. The van der Waals surface area contributed by atoms with E-state index < -0.39 is 0 Å². The second-order valence-corrected chi connectivity index (χ2v) is 5.39. The first-order valence-corrected chi connectivity index (χ1v) is 7.47. The number of hydrogen-bond donors (Lipinski definition) is 2. The van der Waals surface area contributed by atoms with E-state index in [0.717, 1.165) is 38.3 Å². The van der Waals surface area contributed by atoms with E-state index in [4.69, 9.17) is 17.3 Å². The van der Waals surface area contributed by atoms with Gasteiger partial charge in [-0.05, 0) is 23.8 Å². The van der Waals surface area contributed by atoms with Crippen molar-refractivity contribution in [3.63, 3.8) is 0 Å². The molecule has 1 heterocycles. The Labute approximate surface area is 130 Å². The average Bonchev–Trinajstić information content (AvgIpc) is 2.50. The lowest BCUT2D eigenvalue weighted by Crippen LogP contribution is -2.51. The summed E-state index contributed by atoms with van der Waals surface area (Å²) in [6, 6.07) is 7.37. The highest BCUT2D eigenvalue weighted by Crippen LogP contribution is 2.10. The fourth-order valence-corrected chi connectivity index (χ4v) is 2.36. The molecule has 114 valence electrons. The zero-order valence-corrected chi connectivity index (χ0v) is 12.7. The Morgan fingerprint density at radius 1 is 1.24 bits per heavy atom. The van der Waals surface area contributed by atoms with Crippen molar-refractivity contribution in [3.05, 3.63) is 41.1 Å². The van der Waals surface area contributed by atoms with E-state index in [2.05, 4.69) is 10.2 Å². The van der Waals surface area contributed by atoms with E-state index in [1.807, 2.05) is 35.2 Å². The van der Waals surface area contributed by atoms with Crippen molar-refractivity contribution >= 4 is 23.7 Å². The van der Waals surface area contributed by atoms with Crippen LogP contribution in [0, 0.1) is 0 Å². The van der Waals surface area contributed by atoms with Crippen LogP contribution in [0.2, 0.25) is 5.02 Å². The molecule has 0 bridgehead atoms. The number of carbonyl (C=O) groups excluding carboxylic acids is 1. The maximum Gasteiger partial charge on any atom is 0.321 e. The second-order valence-electron chi connectivity index (χ2n) is 4.95. The molecule has 1 aliphatic rings. The van der Waals surface area contributed by atoms with Gasteiger partial charge < -0.3 is 16.0 Å². The maximum absolute atomic E-state index is 12.0. The van der Waals surface area contributed by atoms with E-state index in [1.54, 1.807) is 6.20 Å². The summed E-state index contributed by atoms with van der Waals surface area (Å²) in [7, 11) is 0. The fourth-order valence-electron chi connectivity index (χ4n) is 2.23. The number of nitrogens with two attached hydrogens (primary N) is 1. The standard InChI is InChI=1S/C15H21ClN4O/c16-14-3-1-13(2-4-14)5-7-18-15(21)20-11-9-19(8-6-17)10-12-20/h1-5,7H,6,8-12,17H2,(H,18,21)/b7-5+. The molecular weight excluding hydrogens is 288 g/mol. The quantitative estimate of drug-likeness (QED) is 0.888. The van der Waals surface area contributed by atoms with E-state index in [0.29, 0.717) is 11.6 Å². The highest BCUT2D eigenvalue weighted by molar-refractivity contribution is 6.30. The number of carbonyl (C=O) groups is 1. The Balaban J connectivity index is 1.76. The second kappa shape index (κ2) is 8.02. The lowest BCUT2D eigenvalue weighted by molar-refractivity contribution is 0.143. The largest absolute Gasteiger partial charge is 0.329 e. The summed E-state index contributed by atoms with van der Waals surface area (Å²) in [5.74, 6) is 0. The van der Waals surface area contributed by atoms with Gasteiger partial charge in [0, 0.05) is 50.5 Å². The molecule has 1 fully saturated rings. The van der Waals surface area contributed by atoms with E-state index in [1.165, 1.54) is 0 Å². The van der Waals surface area contributed by atoms with Crippen LogP contribution < -0.4 is 11.1 Å². The first-order chi connectivity index (χ1) is 10.2. The molecule has 2 amide bonds. The molecule has 2 rings (SSSR count). The molecule has 1 aromatic rings. The molecule has 1 aromatic carbocycles.